The van der Waals surface area contributed by atoms with Crippen molar-refractivity contribution in [1.82, 2.24) is 15.5 Å². The minimum absolute atomic E-state index is 0. The molecular formula is C16H29IN4O2S. The highest BCUT2D eigenvalue weighted by molar-refractivity contribution is 14.0. The van der Waals surface area contributed by atoms with E-state index in [1.807, 2.05) is 0 Å². The molecule has 0 radical (unpaired) electrons. The van der Waals surface area contributed by atoms with Crippen LogP contribution in [0.25, 0.3) is 0 Å². The SMILES string of the molecule is CN=C(NCC(c1cccs1)N1CCOCC1)NC(C)COC.I. The first-order valence-electron chi connectivity index (χ1n) is 8.06. The smallest absolute Gasteiger partial charge is 0.191 e. The lowest BCUT2D eigenvalue weighted by Crippen LogP contribution is -2.48. The van der Waals surface area contributed by atoms with Crippen LogP contribution in [0.3, 0.4) is 0 Å². The number of hydrogen-bond donors (Lipinski definition) is 2. The molecule has 138 valence electrons. The molecule has 0 spiro atoms. The summed E-state index contributed by atoms with van der Waals surface area (Å²) in [6.07, 6.45) is 0. The quantitative estimate of drug-likeness (QED) is 0.364. The van der Waals surface area contributed by atoms with Gasteiger partial charge in [-0.15, -0.1) is 35.3 Å². The molecule has 1 aliphatic heterocycles. The van der Waals surface area contributed by atoms with Crippen molar-refractivity contribution >= 4 is 41.3 Å². The predicted molar refractivity (Wildman–Crippen MR) is 111 cm³/mol. The van der Waals surface area contributed by atoms with Gasteiger partial charge < -0.3 is 20.1 Å². The highest BCUT2D eigenvalue weighted by Crippen LogP contribution is 2.25. The van der Waals surface area contributed by atoms with Crippen LogP contribution in [-0.2, 0) is 9.47 Å². The van der Waals surface area contributed by atoms with E-state index in [-0.39, 0.29) is 30.0 Å². The number of thiophene rings is 1. The summed E-state index contributed by atoms with van der Waals surface area (Å²) in [5, 5.41) is 8.93. The predicted octanol–water partition coefficient (Wildman–Crippen LogP) is 1.94. The number of nitrogens with one attached hydrogen (secondary N) is 2. The Kier molecular flexibility index (Phi) is 10.8. The van der Waals surface area contributed by atoms with E-state index >= 15 is 0 Å². The number of aliphatic imine (C=N–C) groups is 1. The lowest BCUT2D eigenvalue weighted by atomic mass is 10.2. The van der Waals surface area contributed by atoms with Crippen LogP contribution >= 0.6 is 35.3 Å². The van der Waals surface area contributed by atoms with E-state index in [0.717, 1.165) is 38.8 Å². The van der Waals surface area contributed by atoms with Crippen LogP contribution in [0.4, 0.5) is 0 Å². The zero-order valence-electron chi connectivity index (χ0n) is 14.7. The molecule has 2 heterocycles. The lowest BCUT2D eigenvalue weighted by Gasteiger charge is -2.34. The van der Waals surface area contributed by atoms with Crippen molar-refractivity contribution in [2.75, 3.05) is 53.6 Å². The number of methoxy groups -OCH3 is 1. The normalized spacial score (nSPS) is 18.5. The Bertz CT molecular complexity index is 467. The zero-order valence-corrected chi connectivity index (χ0v) is 17.8. The monoisotopic (exact) mass is 468 g/mol. The molecule has 24 heavy (non-hydrogen) atoms. The van der Waals surface area contributed by atoms with Crippen LogP contribution in [0.2, 0.25) is 0 Å². The summed E-state index contributed by atoms with van der Waals surface area (Å²) in [5.74, 6) is 0.810. The molecule has 8 heteroatoms. The highest BCUT2D eigenvalue weighted by Gasteiger charge is 2.23. The van der Waals surface area contributed by atoms with Gasteiger partial charge in [0, 0.05) is 44.7 Å². The minimum Gasteiger partial charge on any atom is -0.383 e. The summed E-state index contributed by atoms with van der Waals surface area (Å²) in [5.41, 5.74) is 0. The van der Waals surface area contributed by atoms with E-state index in [1.165, 1.54) is 4.88 Å². The molecule has 2 N–H and O–H groups in total. The molecule has 0 aliphatic carbocycles. The summed E-state index contributed by atoms with van der Waals surface area (Å²) in [6, 6.07) is 4.88. The maximum absolute atomic E-state index is 5.48. The summed E-state index contributed by atoms with van der Waals surface area (Å²) in [7, 11) is 3.50. The first kappa shape index (κ1) is 21.6. The van der Waals surface area contributed by atoms with Crippen molar-refractivity contribution < 1.29 is 9.47 Å². The molecule has 1 aromatic heterocycles. The van der Waals surface area contributed by atoms with Gasteiger partial charge in [-0.05, 0) is 18.4 Å². The molecule has 0 amide bonds. The number of hydrogen-bond acceptors (Lipinski definition) is 5. The maximum Gasteiger partial charge on any atom is 0.191 e. The molecule has 1 aromatic rings. The van der Waals surface area contributed by atoms with Gasteiger partial charge in [-0.2, -0.15) is 0 Å². The third-order valence-corrected chi connectivity index (χ3v) is 4.82. The number of rotatable bonds is 7. The molecule has 1 saturated heterocycles. The lowest BCUT2D eigenvalue weighted by molar-refractivity contribution is 0.0177. The zero-order chi connectivity index (χ0) is 16.5. The van der Waals surface area contributed by atoms with Crippen LogP contribution in [0.5, 0.6) is 0 Å². The molecule has 1 aliphatic rings. The van der Waals surface area contributed by atoms with Crippen molar-refractivity contribution in [1.29, 1.82) is 0 Å². The maximum atomic E-state index is 5.48. The summed E-state index contributed by atoms with van der Waals surface area (Å²) < 4.78 is 10.6. The first-order chi connectivity index (χ1) is 11.2. The van der Waals surface area contributed by atoms with E-state index in [0.29, 0.717) is 12.6 Å². The van der Waals surface area contributed by atoms with Crippen molar-refractivity contribution in [3.8, 4) is 0 Å². The first-order valence-corrected chi connectivity index (χ1v) is 8.94. The Labute approximate surface area is 166 Å². The number of morpholine rings is 1. The van der Waals surface area contributed by atoms with Crippen molar-refractivity contribution in [3.05, 3.63) is 22.4 Å². The molecule has 1 fully saturated rings. The third-order valence-electron chi connectivity index (χ3n) is 3.84. The molecule has 0 aromatic carbocycles. The van der Waals surface area contributed by atoms with Gasteiger partial charge in [0.2, 0.25) is 0 Å². The average molecular weight is 468 g/mol. The van der Waals surface area contributed by atoms with Gasteiger partial charge in [-0.1, -0.05) is 6.07 Å². The molecule has 2 atom stereocenters. The molecule has 0 saturated carbocycles. The van der Waals surface area contributed by atoms with Crippen molar-refractivity contribution in [3.63, 3.8) is 0 Å². The molecular weight excluding hydrogens is 439 g/mol. The number of ether oxygens (including phenoxy) is 2. The van der Waals surface area contributed by atoms with Crippen LogP contribution < -0.4 is 10.6 Å². The van der Waals surface area contributed by atoms with Gasteiger partial charge >= 0.3 is 0 Å². The summed E-state index contributed by atoms with van der Waals surface area (Å²) in [6.45, 7) is 7.10. The number of halogens is 1. The Hall–Kier alpha value is -0.420. The molecule has 2 unspecified atom stereocenters. The van der Waals surface area contributed by atoms with Crippen LogP contribution in [0.15, 0.2) is 22.5 Å². The summed E-state index contributed by atoms with van der Waals surface area (Å²) >= 11 is 1.80. The topological polar surface area (TPSA) is 58.1 Å². The molecule has 6 nitrogen and oxygen atoms in total. The van der Waals surface area contributed by atoms with E-state index in [4.69, 9.17) is 9.47 Å². The molecule has 0 bridgehead atoms. The van der Waals surface area contributed by atoms with E-state index in [2.05, 4.69) is 45.0 Å². The van der Waals surface area contributed by atoms with E-state index < -0.39 is 0 Å². The van der Waals surface area contributed by atoms with E-state index in [1.54, 1.807) is 25.5 Å². The molecule has 2 rings (SSSR count). The Morgan fingerprint density at radius 1 is 1.46 bits per heavy atom. The van der Waals surface area contributed by atoms with Gasteiger partial charge in [0.05, 0.1) is 25.9 Å². The standard InChI is InChI=1S/C16H28N4O2S.HI/c1-13(12-21-3)19-16(17-2)18-11-14(15-5-4-10-23-15)20-6-8-22-9-7-20;/h4-5,10,13-14H,6-9,11-12H2,1-3H3,(H2,17,18,19);1H. The third kappa shape index (κ3) is 6.83. The fourth-order valence-corrected chi connectivity index (χ4v) is 3.55. The fraction of sp³-hybridized carbons (Fsp3) is 0.688. The second kappa shape index (κ2) is 12.0. The minimum atomic E-state index is 0. The van der Waals surface area contributed by atoms with Gasteiger partial charge in [0.25, 0.3) is 0 Å². The summed E-state index contributed by atoms with van der Waals surface area (Å²) in [4.78, 5) is 8.16. The van der Waals surface area contributed by atoms with E-state index in [9.17, 15) is 0 Å². The van der Waals surface area contributed by atoms with Crippen LogP contribution in [0, 0.1) is 0 Å². The van der Waals surface area contributed by atoms with Gasteiger partial charge in [0.15, 0.2) is 5.96 Å². The van der Waals surface area contributed by atoms with Gasteiger partial charge in [-0.25, -0.2) is 0 Å². The fourth-order valence-electron chi connectivity index (χ4n) is 2.69. The Balaban J connectivity index is 0.00000288. The van der Waals surface area contributed by atoms with Crippen LogP contribution in [-0.4, -0.2) is 70.5 Å². The average Bonchev–Trinajstić information content (AvgIpc) is 3.09. The number of guanidine groups is 1. The van der Waals surface area contributed by atoms with Gasteiger partial charge in [-0.3, -0.25) is 9.89 Å². The second-order valence-electron chi connectivity index (χ2n) is 5.63. The van der Waals surface area contributed by atoms with Gasteiger partial charge in [0.1, 0.15) is 0 Å². The van der Waals surface area contributed by atoms with Crippen molar-refractivity contribution in [2.24, 2.45) is 4.99 Å². The number of nitrogens with zero attached hydrogens (tertiary/aromatic N) is 2. The Morgan fingerprint density at radius 3 is 2.79 bits per heavy atom. The highest BCUT2D eigenvalue weighted by atomic mass is 127. The Morgan fingerprint density at radius 2 is 2.21 bits per heavy atom. The largest absolute Gasteiger partial charge is 0.383 e. The second-order valence-corrected chi connectivity index (χ2v) is 6.61. The van der Waals surface area contributed by atoms with Crippen molar-refractivity contribution in [2.45, 2.75) is 19.0 Å². The van der Waals surface area contributed by atoms with Crippen LogP contribution in [0.1, 0.15) is 17.8 Å².